The van der Waals surface area contributed by atoms with Crippen molar-refractivity contribution in [2.45, 2.75) is 19.9 Å². The lowest BCUT2D eigenvalue weighted by atomic mass is 10.0. The molecule has 6 aromatic rings. The number of rotatable bonds is 6. The molecule has 0 saturated heterocycles. The highest BCUT2D eigenvalue weighted by atomic mass is 19.1. The fourth-order valence-electron chi connectivity index (χ4n) is 5.02. The maximum Gasteiger partial charge on any atom is 0.200 e. The molecule has 3 N–H and O–H groups in total. The number of pyridine rings is 3. The van der Waals surface area contributed by atoms with Crippen LogP contribution in [-0.2, 0) is 7.05 Å². The Morgan fingerprint density at radius 3 is 2.33 bits per heavy atom. The number of nitrogens with two attached hydrogens (primary N) is 1. The molecule has 4 heterocycles. The molecule has 6 rings (SSSR count). The Morgan fingerprint density at radius 2 is 1.64 bits per heavy atom. The minimum absolute atomic E-state index is 0.0146. The molecule has 0 atom stereocenters. The van der Waals surface area contributed by atoms with Gasteiger partial charge in [-0.25, -0.2) is 18.7 Å². The predicted molar refractivity (Wildman–Crippen MR) is 161 cm³/mol. The molecule has 4 aromatic heterocycles. The summed E-state index contributed by atoms with van der Waals surface area (Å²) in [6, 6.07) is 14.0. The summed E-state index contributed by atoms with van der Waals surface area (Å²) in [6.45, 7) is 4.01. The summed E-state index contributed by atoms with van der Waals surface area (Å²) in [6.07, 6.45) is 8.54. The average Bonchev–Trinajstić information content (AvgIpc) is 3.40. The van der Waals surface area contributed by atoms with E-state index >= 15 is 4.39 Å². The zero-order valence-electron chi connectivity index (χ0n) is 23.1. The van der Waals surface area contributed by atoms with Crippen molar-refractivity contribution in [3.63, 3.8) is 0 Å². The fourth-order valence-corrected chi connectivity index (χ4v) is 5.02. The number of anilines is 3. The Kier molecular flexibility index (Phi) is 6.74. The second-order valence-corrected chi connectivity index (χ2v) is 10.3. The molecule has 0 unspecified atom stereocenters. The van der Waals surface area contributed by atoms with E-state index < -0.39 is 5.82 Å². The second kappa shape index (κ2) is 10.5. The third-order valence-corrected chi connectivity index (χ3v) is 7.14. The van der Waals surface area contributed by atoms with Gasteiger partial charge in [-0.1, -0.05) is 12.1 Å². The number of benzene rings is 2. The van der Waals surface area contributed by atoms with Gasteiger partial charge in [0.2, 0.25) is 5.43 Å². The monoisotopic (exact) mass is 563 g/mol. The van der Waals surface area contributed by atoms with E-state index in [4.69, 9.17) is 5.73 Å². The third kappa shape index (κ3) is 4.87. The second-order valence-electron chi connectivity index (χ2n) is 10.3. The first-order valence-electron chi connectivity index (χ1n) is 13.3. The molecule has 0 spiro atoms. The standard InChI is InChI=1S/C32H27F2N7O/c1-18(2)41-17-26(19-4-6-22(33)7-5-19)30(42)29-28(41)10-11-36-32(29)39-23-8-9-24(27(34)13-23)25-12-20(14-37-31(25)35)21-15-38-40(3)16-21/h4-18H,1-3H3,(H2,35,37)(H,36,39). The van der Waals surface area contributed by atoms with E-state index in [0.717, 1.165) is 11.1 Å². The summed E-state index contributed by atoms with van der Waals surface area (Å²) in [5, 5.41) is 7.66. The van der Waals surface area contributed by atoms with Crippen molar-refractivity contribution in [3.05, 3.63) is 107 Å². The number of aryl methyl sites for hydroxylation is 1. The summed E-state index contributed by atoms with van der Waals surface area (Å²) in [4.78, 5) is 22.5. The van der Waals surface area contributed by atoms with Crippen molar-refractivity contribution in [3.8, 4) is 33.4 Å². The minimum atomic E-state index is -0.524. The molecule has 0 fully saturated rings. The Labute approximate surface area is 240 Å². The lowest BCUT2D eigenvalue weighted by Gasteiger charge is -2.19. The van der Waals surface area contributed by atoms with Crippen molar-refractivity contribution >= 4 is 28.2 Å². The molecule has 8 nitrogen and oxygen atoms in total. The van der Waals surface area contributed by atoms with Gasteiger partial charge < -0.3 is 15.6 Å². The molecule has 0 amide bonds. The molecule has 0 radical (unpaired) electrons. The Hall–Kier alpha value is -5.38. The zero-order chi connectivity index (χ0) is 29.5. The van der Waals surface area contributed by atoms with Crippen LogP contribution in [0.15, 0.2) is 90.4 Å². The summed E-state index contributed by atoms with van der Waals surface area (Å²) in [5.74, 6) is -0.438. The number of nitrogens with one attached hydrogen (secondary N) is 1. The number of hydrogen-bond acceptors (Lipinski definition) is 6. The summed E-state index contributed by atoms with van der Waals surface area (Å²) in [7, 11) is 1.81. The molecule has 0 aliphatic heterocycles. The van der Waals surface area contributed by atoms with Crippen molar-refractivity contribution in [1.82, 2.24) is 24.3 Å². The summed E-state index contributed by atoms with van der Waals surface area (Å²) < 4.78 is 32.8. The van der Waals surface area contributed by atoms with E-state index in [1.807, 2.05) is 31.7 Å². The first-order chi connectivity index (χ1) is 20.2. The highest BCUT2D eigenvalue weighted by molar-refractivity contribution is 5.94. The van der Waals surface area contributed by atoms with Gasteiger partial charge in [0.1, 0.15) is 23.3 Å². The molecule has 0 aliphatic carbocycles. The van der Waals surface area contributed by atoms with Crippen LogP contribution in [0.25, 0.3) is 44.3 Å². The van der Waals surface area contributed by atoms with Gasteiger partial charge in [-0.3, -0.25) is 9.48 Å². The van der Waals surface area contributed by atoms with Crippen LogP contribution < -0.4 is 16.5 Å². The van der Waals surface area contributed by atoms with Gasteiger partial charge in [0.15, 0.2) is 0 Å². The lowest BCUT2D eigenvalue weighted by molar-refractivity contribution is 0.618. The van der Waals surface area contributed by atoms with Crippen LogP contribution in [0.1, 0.15) is 19.9 Å². The molecule has 2 aromatic carbocycles. The van der Waals surface area contributed by atoms with Gasteiger partial charge in [0, 0.05) is 71.4 Å². The normalized spacial score (nSPS) is 11.4. The van der Waals surface area contributed by atoms with Crippen molar-refractivity contribution in [2.24, 2.45) is 7.05 Å². The van der Waals surface area contributed by atoms with E-state index in [9.17, 15) is 9.18 Å². The molecular weight excluding hydrogens is 536 g/mol. The van der Waals surface area contributed by atoms with Gasteiger partial charge in [-0.05, 0) is 61.9 Å². The number of fused-ring (bicyclic) bond motifs is 1. The van der Waals surface area contributed by atoms with Gasteiger partial charge in [-0.15, -0.1) is 0 Å². The third-order valence-electron chi connectivity index (χ3n) is 7.14. The van der Waals surface area contributed by atoms with Crippen LogP contribution in [0, 0.1) is 11.6 Å². The van der Waals surface area contributed by atoms with Gasteiger partial charge in [0.05, 0.1) is 17.1 Å². The van der Waals surface area contributed by atoms with Crippen molar-refractivity contribution < 1.29 is 8.78 Å². The minimum Gasteiger partial charge on any atom is -0.383 e. The number of nitrogens with zero attached hydrogens (tertiary/aromatic N) is 5. The summed E-state index contributed by atoms with van der Waals surface area (Å²) >= 11 is 0. The highest BCUT2D eigenvalue weighted by Gasteiger charge is 2.18. The van der Waals surface area contributed by atoms with Crippen LogP contribution in [0.4, 0.5) is 26.1 Å². The average molecular weight is 564 g/mol. The molecule has 210 valence electrons. The molecular formula is C32H27F2N7O. The quantitative estimate of drug-likeness (QED) is 0.233. The first kappa shape index (κ1) is 26.8. The SMILES string of the molecule is CC(C)n1cc(-c2ccc(F)cc2)c(=O)c2c(Nc3ccc(-c4cc(-c5cnn(C)c5)cnc4N)c(F)c3)nccc21. The maximum atomic E-state index is 15.6. The highest BCUT2D eigenvalue weighted by Crippen LogP contribution is 2.34. The largest absolute Gasteiger partial charge is 0.383 e. The molecule has 10 heteroatoms. The molecule has 0 aliphatic rings. The molecule has 42 heavy (non-hydrogen) atoms. The van der Waals surface area contributed by atoms with Gasteiger partial charge in [-0.2, -0.15) is 5.10 Å². The molecule has 0 bridgehead atoms. The topological polar surface area (TPSA) is 104 Å². The van der Waals surface area contributed by atoms with Crippen LogP contribution >= 0.6 is 0 Å². The fraction of sp³-hybridized carbons (Fsp3) is 0.125. The van der Waals surface area contributed by atoms with E-state index in [1.165, 1.54) is 18.2 Å². The molecule has 0 saturated carbocycles. The maximum absolute atomic E-state index is 15.6. The van der Waals surface area contributed by atoms with Crippen LogP contribution in [0.2, 0.25) is 0 Å². The zero-order valence-corrected chi connectivity index (χ0v) is 23.1. The predicted octanol–water partition coefficient (Wildman–Crippen LogP) is 6.71. The first-order valence-corrected chi connectivity index (χ1v) is 13.3. The van der Waals surface area contributed by atoms with E-state index in [2.05, 4.69) is 20.4 Å². The van der Waals surface area contributed by atoms with E-state index in [-0.39, 0.29) is 34.5 Å². The van der Waals surface area contributed by atoms with E-state index in [1.54, 1.807) is 65.9 Å². The van der Waals surface area contributed by atoms with Crippen LogP contribution in [-0.4, -0.2) is 24.3 Å². The Morgan fingerprint density at radius 1 is 0.857 bits per heavy atom. The number of aromatic nitrogens is 5. The Balaban J connectivity index is 1.42. The lowest BCUT2D eigenvalue weighted by Crippen LogP contribution is -2.15. The van der Waals surface area contributed by atoms with Gasteiger partial charge >= 0.3 is 0 Å². The van der Waals surface area contributed by atoms with Crippen molar-refractivity contribution in [2.75, 3.05) is 11.1 Å². The van der Waals surface area contributed by atoms with Crippen molar-refractivity contribution in [1.29, 1.82) is 0 Å². The Bertz CT molecular complexity index is 2010. The van der Waals surface area contributed by atoms with Crippen LogP contribution in [0.3, 0.4) is 0 Å². The summed E-state index contributed by atoms with van der Waals surface area (Å²) in [5.41, 5.74) is 10.2. The van der Waals surface area contributed by atoms with Gasteiger partial charge in [0.25, 0.3) is 0 Å². The number of nitrogen functional groups attached to an aromatic ring is 1. The van der Waals surface area contributed by atoms with E-state index in [0.29, 0.717) is 33.3 Å². The number of hydrogen-bond donors (Lipinski definition) is 2. The van der Waals surface area contributed by atoms with Crippen LogP contribution in [0.5, 0.6) is 0 Å². The smallest absolute Gasteiger partial charge is 0.200 e. The number of halogens is 2.